The Labute approximate surface area is 103 Å². The SMILES string of the molecule is Cc1occc1C(=O)Nc1ccc(Cl)cc1N. The molecule has 1 amide bonds. The third kappa shape index (κ3) is 2.42. The lowest BCUT2D eigenvalue weighted by atomic mass is 10.2. The Hall–Kier alpha value is -1.94. The molecule has 0 atom stereocenters. The first-order valence-corrected chi connectivity index (χ1v) is 5.36. The van der Waals surface area contributed by atoms with Crippen LogP contribution in [-0.2, 0) is 0 Å². The molecule has 0 radical (unpaired) electrons. The molecule has 0 aliphatic rings. The second-order valence-electron chi connectivity index (χ2n) is 3.58. The van der Waals surface area contributed by atoms with Gasteiger partial charge in [0.15, 0.2) is 0 Å². The molecule has 0 unspecified atom stereocenters. The molecule has 2 rings (SSSR count). The van der Waals surface area contributed by atoms with Crippen molar-refractivity contribution in [1.82, 2.24) is 0 Å². The first-order chi connectivity index (χ1) is 8.08. The minimum absolute atomic E-state index is 0.259. The number of amides is 1. The Morgan fingerprint density at radius 3 is 2.76 bits per heavy atom. The second kappa shape index (κ2) is 4.51. The fourth-order valence-electron chi connectivity index (χ4n) is 1.46. The van der Waals surface area contributed by atoms with Crippen LogP contribution >= 0.6 is 11.6 Å². The van der Waals surface area contributed by atoms with Crippen LogP contribution in [0.1, 0.15) is 16.1 Å². The van der Waals surface area contributed by atoms with Crippen LogP contribution < -0.4 is 11.1 Å². The predicted octanol–water partition coefficient (Wildman–Crippen LogP) is 3.08. The lowest BCUT2D eigenvalue weighted by Gasteiger charge is -2.07. The number of hydrogen-bond donors (Lipinski definition) is 2. The zero-order valence-electron chi connectivity index (χ0n) is 9.16. The van der Waals surface area contributed by atoms with E-state index in [0.717, 1.165) is 0 Å². The monoisotopic (exact) mass is 250 g/mol. The molecule has 3 N–H and O–H groups in total. The molecule has 0 bridgehead atoms. The Kier molecular flexibility index (Phi) is 3.06. The van der Waals surface area contributed by atoms with Gasteiger partial charge in [-0.3, -0.25) is 4.79 Å². The molecular formula is C12H11ClN2O2. The third-order valence-electron chi connectivity index (χ3n) is 2.37. The number of aryl methyl sites for hydroxylation is 1. The molecule has 1 aromatic carbocycles. The summed E-state index contributed by atoms with van der Waals surface area (Å²) in [6.07, 6.45) is 1.47. The van der Waals surface area contributed by atoms with Gasteiger partial charge in [-0.25, -0.2) is 0 Å². The number of halogens is 1. The molecule has 17 heavy (non-hydrogen) atoms. The van der Waals surface area contributed by atoms with E-state index in [1.54, 1.807) is 31.2 Å². The van der Waals surface area contributed by atoms with Crippen LogP contribution in [0.2, 0.25) is 5.02 Å². The van der Waals surface area contributed by atoms with E-state index in [0.29, 0.717) is 27.7 Å². The van der Waals surface area contributed by atoms with E-state index in [9.17, 15) is 4.79 Å². The maximum Gasteiger partial charge on any atom is 0.259 e. The zero-order valence-corrected chi connectivity index (χ0v) is 9.91. The van der Waals surface area contributed by atoms with Crippen LogP contribution in [0.25, 0.3) is 0 Å². The van der Waals surface area contributed by atoms with Gasteiger partial charge in [0.1, 0.15) is 5.76 Å². The van der Waals surface area contributed by atoms with E-state index in [1.807, 2.05) is 0 Å². The number of nitrogens with two attached hydrogens (primary N) is 1. The normalized spacial score (nSPS) is 10.2. The molecule has 0 saturated heterocycles. The number of furan rings is 1. The molecule has 0 spiro atoms. The van der Waals surface area contributed by atoms with Crippen molar-refractivity contribution in [3.63, 3.8) is 0 Å². The van der Waals surface area contributed by atoms with Gasteiger partial charge >= 0.3 is 0 Å². The summed E-state index contributed by atoms with van der Waals surface area (Å²) in [7, 11) is 0. The number of nitrogens with one attached hydrogen (secondary N) is 1. The molecule has 0 saturated carbocycles. The lowest BCUT2D eigenvalue weighted by molar-refractivity contribution is 0.102. The van der Waals surface area contributed by atoms with E-state index in [4.69, 9.17) is 21.8 Å². The largest absolute Gasteiger partial charge is 0.469 e. The highest BCUT2D eigenvalue weighted by atomic mass is 35.5. The van der Waals surface area contributed by atoms with E-state index < -0.39 is 0 Å². The van der Waals surface area contributed by atoms with Crippen molar-refractivity contribution in [2.24, 2.45) is 0 Å². The maximum absolute atomic E-state index is 11.9. The quantitative estimate of drug-likeness (QED) is 0.805. The van der Waals surface area contributed by atoms with Gasteiger partial charge in [0, 0.05) is 5.02 Å². The van der Waals surface area contributed by atoms with Crippen molar-refractivity contribution in [3.05, 3.63) is 46.9 Å². The topological polar surface area (TPSA) is 68.3 Å². The maximum atomic E-state index is 11.9. The van der Waals surface area contributed by atoms with Gasteiger partial charge in [-0.1, -0.05) is 11.6 Å². The number of nitrogen functional groups attached to an aromatic ring is 1. The first kappa shape index (κ1) is 11.5. The highest BCUT2D eigenvalue weighted by Gasteiger charge is 2.12. The smallest absolute Gasteiger partial charge is 0.259 e. The van der Waals surface area contributed by atoms with Crippen LogP contribution in [0.3, 0.4) is 0 Å². The summed E-state index contributed by atoms with van der Waals surface area (Å²) in [5.41, 5.74) is 7.17. The standard InChI is InChI=1S/C12H11ClN2O2/c1-7-9(4-5-17-7)12(16)15-11-3-2-8(13)6-10(11)14/h2-6H,14H2,1H3,(H,15,16). The van der Waals surface area contributed by atoms with Crippen molar-refractivity contribution in [2.45, 2.75) is 6.92 Å². The minimum atomic E-state index is -0.259. The van der Waals surface area contributed by atoms with Crippen molar-refractivity contribution in [2.75, 3.05) is 11.1 Å². The average molecular weight is 251 g/mol. The third-order valence-corrected chi connectivity index (χ3v) is 2.60. The fourth-order valence-corrected chi connectivity index (χ4v) is 1.64. The fraction of sp³-hybridized carbons (Fsp3) is 0.0833. The van der Waals surface area contributed by atoms with E-state index in [1.165, 1.54) is 6.26 Å². The molecule has 1 heterocycles. The van der Waals surface area contributed by atoms with Crippen molar-refractivity contribution in [1.29, 1.82) is 0 Å². The predicted molar refractivity (Wildman–Crippen MR) is 67.3 cm³/mol. The van der Waals surface area contributed by atoms with Crippen LogP contribution in [-0.4, -0.2) is 5.91 Å². The van der Waals surface area contributed by atoms with Crippen molar-refractivity contribution < 1.29 is 9.21 Å². The molecule has 4 nitrogen and oxygen atoms in total. The first-order valence-electron chi connectivity index (χ1n) is 4.98. The molecule has 0 aliphatic heterocycles. The lowest BCUT2D eigenvalue weighted by Crippen LogP contribution is -2.13. The van der Waals surface area contributed by atoms with Gasteiger partial charge in [0.05, 0.1) is 23.2 Å². The number of carbonyl (C=O) groups is 1. The summed E-state index contributed by atoms with van der Waals surface area (Å²) in [6.45, 7) is 1.72. The second-order valence-corrected chi connectivity index (χ2v) is 4.01. The number of hydrogen-bond acceptors (Lipinski definition) is 3. The Morgan fingerprint density at radius 1 is 1.41 bits per heavy atom. The zero-order chi connectivity index (χ0) is 12.4. The molecule has 5 heteroatoms. The van der Waals surface area contributed by atoms with E-state index in [-0.39, 0.29) is 5.91 Å². The number of anilines is 2. The minimum Gasteiger partial charge on any atom is -0.469 e. The molecule has 88 valence electrons. The van der Waals surface area contributed by atoms with Gasteiger partial charge in [-0.05, 0) is 31.2 Å². The molecular weight excluding hydrogens is 240 g/mol. The van der Waals surface area contributed by atoms with Gasteiger partial charge < -0.3 is 15.5 Å². The van der Waals surface area contributed by atoms with E-state index in [2.05, 4.69) is 5.32 Å². The number of rotatable bonds is 2. The van der Waals surface area contributed by atoms with Gasteiger partial charge in [-0.2, -0.15) is 0 Å². The number of carbonyl (C=O) groups excluding carboxylic acids is 1. The van der Waals surface area contributed by atoms with Crippen molar-refractivity contribution >= 4 is 28.9 Å². The summed E-state index contributed by atoms with van der Waals surface area (Å²) in [5.74, 6) is 0.306. The van der Waals surface area contributed by atoms with Crippen LogP contribution in [0.4, 0.5) is 11.4 Å². The molecule has 0 fully saturated rings. The van der Waals surface area contributed by atoms with Crippen LogP contribution in [0.5, 0.6) is 0 Å². The Morgan fingerprint density at radius 2 is 2.18 bits per heavy atom. The van der Waals surface area contributed by atoms with E-state index >= 15 is 0 Å². The summed E-state index contributed by atoms with van der Waals surface area (Å²) < 4.78 is 5.06. The summed E-state index contributed by atoms with van der Waals surface area (Å²) in [4.78, 5) is 11.9. The van der Waals surface area contributed by atoms with Gasteiger partial charge in [0.2, 0.25) is 0 Å². The summed E-state index contributed by atoms with van der Waals surface area (Å²) >= 11 is 5.77. The molecule has 0 aliphatic carbocycles. The Balaban J connectivity index is 2.22. The Bertz CT molecular complexity index is 563. The molecule has 1 aromatic heterocycles. The average Bonchev–Trinajstić information content (AvgIpc) is 2.68. The van der Waals surface area contributed by atoms with Gasteiger partial charge in [-0.15, -0.1) is 0 Å². The summed E-state index contributed by atoms with van der Waals surface area (Å²) in [5, 5.41) is 3.23. The van der Waals surface area contributed by atoms with Crippen LogP contribution in [0, 0.1) is 6.92 Å². The van der Waals surface area contributed by atoms with Crippen molar-refractivity contribution in [3.8, 4) is 0 Å². The highest BCUT2D eigenvalue weighted by Crippen LogP contribution is 2.23. The number of benzene rings is 1. The molecule has 2 aromatic rings. The van der Waals surface area contributed by atoms with Crippen LogP contribution in [0.15, 0.2) is 34.9 Å². The summed E-state index contributed by atoms with van der Waals surface area (Å²) in [6, 6.07) is 6.51. The van der Waals surface area contributed by atoms with Gasteiger partial charge in [0.25, 0.3) is 5.91 Å². The highest BCUT2D eigenvalue weighted by molar-refractivity contribution is 6.31.